The fraction of sp³-hybridized carbons (Fsp3) is 0.579. The molecule has 1 aliphatic carbocycles. The second-order valence-electron chi connectivity index (χ2n) is 7.69. The van der Waals surface area contributed by atoms with Crippen LogP contribution in [0.5, 0.6) is 0 Å². The van der Waals surface area contributed by atoms with Crippen LogP contribution in [0.1, 0.15) is 39.2 Å². The second kappa shape index (κ2) is 7.55. The quantitative estimate of drug-likeness (QED) is 0.745. The number of amides is 2. The minimum Gasteiger partial charge on any atom is -0.377 e. The Hall–Kier alpha value is -1.63. The minimum absolute atomic E-state index is 0. The van der Waals surface area contributed by atoms with Crippen molar-refractivity contribution in [3.05, 3.63) is 29.8 Å². The Morgan fingerprint density at radius 2 is 1.92 bits per heavy atom. The van der Waals surface area contributed by atoms with Crippen molar-refractivity contribution < 1.29 is 14.3 Å². The van der Waals surface area contributed by atoms with E-state index in [1.807, 2.05) is 38.1 Å². The summed E-state index contributed by atoms with van der Waals surface area (Å²) in [6, 6.07) is 7.40. The molecule has 3 rings (SSSR count). The van der Waals surface area contributed by atoms with Crippen LogP contribution in [-0.2, 0) is 20.9 Å². The van der Waals surface area contributed by atoms with Crippen LogP contribution in [0.25, 0.3) is 0 Å². The molecule has 3 unspecified atom stereocenters. The van der Waals surface area contributed by atoms with E-state index in [2.05, 4.69) is 10.6 Å². The van der Waals surface area contributed by atoms with Gasteiger partial charge in [0.2, 0.25) is 11.8 Å². The van der Waals surface area contributed by atoms with Gasteiger partial charge in [0.05, 0.1) is 6.10 Å². The molecule has 2 fully saturated rings. The molecule has 2 amide bonds. The van der Waals surface area contributed by atoms with Crippen LogP contribution in [0.4, 0.5) is 5.69 Å². The van der Waals surface area contributed by atoms with Crippen molar-refractivity contribution in [2.45, 2.75) is 51.8 Å². The molecule has 0 radical (unpaired) electrons. The smallest absolute Gasteiger partial charge is 0.241 e. The summed E-state index contributed by atoms with van der Waals surface area (Å²) in [5, 5.41) is 5.70. The molecule has 1 aliphatic heterocycles. The standard InChI is InChI=1S/C19H27N3O3.ClH/c1-12(23)22-14-8-6-13(7-9-14)11-21-17(24)19(20)15-5-4-10-25-16(15)18(19,2)3;/h6-9,15-16H,4-5,10-11,20H2,1-3H3,(H,21,24)(H,22,23);1H. The maximum absolute atomic E-state index is 12.9. The number of anilines is 1. The first kappa shape index (κ1) is 20.7. The summed E-state index contributed by atoms with van der Waals surface area (Å²) in [5.74, 6) is -0.142. The zero-order valence-electron chi connectivity index (χ0n) is 15.5. The van der Waals surface area contributed by atoms with Crippen molar-refractivity contribution in [1.29, 1.82) is 0 Å². The van der Waals surface area contributed by atoms with E-state index >= 15 is 0 Å². The van der Waals surface area contributed by atoms with Gasteiger partial charge in [-0.25, -0.2) is 0 Å². The molecule has 1 saturated carbocycles. The molecular weight excluding hydrogens is 354 g/mol. The summed E-state index contributed by atoms with van der Waals surface area (Å²) >= 11 is 0. The lowest BCUT2D eigenvalue weighted by Gasteiger charge is -2.65. The Kier molecular flexibility index (Phi) is 6.00. The average Bonchev–Trinajstić information content (AvgIpc) is 2.59. The van der Waals surface area contributed by atoms with Crippen LogP contribution in [0.15, 0.2) is 24.3 Å². The molecule has 2 aliphatic rings. The molecule has 0 spiro atoms. The lowest BCUT2D eigenvalue weighted by Crippen LogP contribution is -2.82. The molecule has 26 heavy (non-hydrogen) atoms. The van der Waals surface area contributed by atoms with Gasteiger partial charge in [-0.15, -0.1) is 12.4 Å². The lowest BCUT2D eigenvalue weighted by atomic mass is 9.46. The highest BCUT2D eigenvalue weighted by Gasteiger charge is 2.70. The van der Waals surface area contributed by atoms with Gasteiger partial charge >= 0.3 is 0 Å². The van der Waals surface area contributed by atoms with Crippen LogP contribution < -0.4 is 16.4 Å². The van der Waals surface area contributed by atoms with Crippen molar-refractivity contribution in [3.8, 4) is 0 Å². The van der Waals surface area contributed by atoms with Crippen molar-refractivity contribution >= 4 is 29.9 Å². The summed E-state index contributed by atoms with van der Waals surface area (Å²) in [6.07, 6.45) is 1.95. The van der Waals surface area contributed by atoms with Gasteiger partial charge in [0.25, 0.3) is 0 Å². The molecule has 144 valence electrons. The fourth-order valence-corrected chi connectivity index (χ4v) is 4.27. The van der Waals surface area contributed by atoms with E-state index in [-0.39, 0.29) is 41.7 Å². The highest BCUT2D eigenvalue weighted by Crippen LogP contribution is 2.57. The first-order valence-corrected chi connectivity index (χ1v) is 8.82. The summed E-state index contributed by atoms with van der Waals surface area (Å²) in [5.41, 5.74) is 7.00. The third-order valence-corrected chi connectivity index (χ3v) is 5.79. The molecule has 6 nitrogen and oxygen atoms in total. The maximum Gasteiger partial charge on any atom is 0.241 e. The number of hydrogen-bond donors (Lipinski definition) is 3. The van der Waals surface area contributed by atoms with E-state index in [1.165, 1.54) is 6.92 Å². The fourth-order valence-electron chi connectivity index (χ4n) is 4.27. The Morgan fingerprint density at radius 3 is 2.54 bits per heavy atom. The van der Waals surface area contributed by atoms with Crippen molar-refractivity contribution in [1.82, 2.24) is 5.32 Å². The first-order valence-electron chi connectivity index (χ1n) is 8.82. The number of benzene rings is 1. The molecule has 7 heteroatoms. The Labute approximate surface area is 160 Å². The van der Waals surface area contributed by atoms with Crippen LogP contribution >= 0.6 is 12.4 Å². The molecule has 0 aromatic heterocycles. The van der Waals surface area contributed by atoms with Gasteiger partial charge in [0.1, 0.15) is 5.54 Å². The third-order valence-electron chi connectivity index (χ3n) is 5.79. The molecule has 4 N–H and O–H groups in total. The van der Waals surface area contributed by atoms with E-state index in [9.17, 15) is 9.59 Å². The van der Waals surface area contributed by atoms with Gasteiger partial charge < -0.3 is 21.1 Å². The molecule has 1 heterocycles. The van der Waals surface area contributed by atoms with E-state index in [0.29, 0.717) is 6.54 Å². The summed E-state index contributed by atoms with van der Waals surface area (Å²) < 4.78 is 5.85. The van der Waals surface area contributed by atoms with Gasteiger partial charge in [-0.05, 0) is 30.5 Å². The van der Waals surface area contributed by atoms with Crippen LogP contribution in [0.3, 0.4) is 0 Å². The predicted octanol–water partition coefficient (Wildman–Crippen LogP) is 2.22. The number of nitrogens with one attached hydrogen (secondary N) is 2. The number of carbonyl (C=O) groups excluding carboxylic acids is 2. The predicted molar refractivity (Wildman–Crippen MR) is 103 cm³/mol. The Morgan fingerprint density at radius 1 is 1.27 bits per heavy atom. The third kappa shape index (κ3) is 3.33. The van der Waals surface area contributed by atoms with Crippen LogP contribution in [0.2, 0.25) is 0 Å². The maximum atomic E-state index is 12.9. The van der Waals surface area contributed by atoms with Gasteiger partial charge in [-0.1, -0.05) is 26.0 Å². The zero-order chi connectivity index (χ0) is 18.2. The van der Waals surface area contributed by atoms with Gasteiger partial charge in [-0.2, -0.15) is 0 Å². The molecular formula is C19H28ClN3O3. The summed E-state index contributed by atoms with van der Waals surface area (Å²) in [6.45, 7) is 6.66. The van der Waals surface area contributed by atoms with Gasteiger partial charge in [-0.3, -0.25) is 9.59 Å². The van der Waals surface area contributed by atoms with Crippen molar-refractivity contribution in [2.75, 3.05) is 11.9 Å². The van der Waals surface area contributed by atoms with Gasteiger partial charge in [0.15, 0.2) is 0 Å². The summed E-state index contributed by atoms with van der Waals surface area (Å²) in [4.78, 5) is 23.9. The van der Waals surface area contributed by atoms with E-state index < -0.39 is 5.54 Å². The first-order chi connectivity index (χ1) is 11.8. The number of rotatable bonds is 4. The molecule has 1 aromatic rings. The second-order valence-corrected chi connectivity index (χ2v) is 7.69. The van der Waals surface area contributed by atoms with Crippen LogP contribution in [0, 0.1) is 11.3 Å². The molecule has 0 bridgehead atoms. The van der Waals surface area contributed by atoms with Crippen molar-refractivity contribution in [3.63, 3.8) is 0 Å². The topological polar surface area (TPSA) is 93.5 Å². The number of ether oxygens (including phenoxy) is 1. The Balaban J connectivity index is 0.00000243. The van der Waals surface area contributed by atoms with Crippen LogP contribution in [-0.4, -0.2) is 30.1 Å². The molecule has 1 aromatic carbocycles. The highest BCUT2D eigenvalue weighted by molar-refractivity contribution is 5.90. The minimum atomic E-state index is -0.895. The molecule has 1 saturated heterocycles. The number of hydrogen-bond acceptors (Lipinski definition) is 4. The average molecular weight is 382 g/mol. The number of fused-ring (bicyclic) bond motifs is 1. The van der Waals surface area contributed by atoms with E-state index in [4.69, 9.17) is 10.5 Å². The normalized spacial score (nSPS) is 28.8. The summed E-state index contributed by atoms with van der Waals surface area (Å²) in [7, 11) is 0. The van der Waals surface area contributed by atoms with Crippen molar-refractivity contribution in [2.24, 2.45) is 17.1 Å². The van der Waals surface area contributed by atoms with Gasteiger partial charge in [0, 0.05) is 37.1 Å². The highest BCUT2D eigenvalue weighted by atomic mass is 35.5. The Bertz CT molecular complexity index is 677. The van der Waals surface area contributed by atoms with E-state index in [0.717, 1.165) is 30.7 Å². The molecule has 3 atom stereocenters. The van der Waals surface area contributed by atoms with E-state index in [1.54, 1.807) is 0 Å². The number of halogens is 1. The number of nitrogens with two attached hydrogens (primary N) is 1. The SMILES string of the molecule is CC(=O)Nc1ccc(CNC(=O)C2(N)C3CCCOC3C2(C)C)cc1.Cl. The number of carbonyl (C=O) groups is 2. The lowest BCUT2D eigenvalue weighted by molar-refractivity contribution is -0.225. The largest absolute Gasteiger partial charge is 0.377 e. The zero-order valence-corrected chi connectivity index (χ0v) is 16.3. The monoisotopic (exact) mass is 381 g/mol.